The van der Waals surface area contributed by atoms with Gasteiger partial charge in [-0.1, -0.05) is 0 Å². The van der Waals surface area contributed by atoms with E-state index in [1.54, 1.807) is 0 Å². The minimum atomic E-state index is -0.691. The van der Waals surface area contributed by atoms with Crippen LogP contribution in [0.2, 0.25) is 0 Å². The lowest BCUT2D eigenvalue weighted by atomic mass is 9.83. The van der Waals surface area contributed by atoms with Gasteiger partial charge in [-0.2, -0.15) is 0 Å². The molecule has 0 bridgehead atoms. The number of rotatable bonds is 2. The van der Waals surface area contributed by atoms with E-state index in [0.717, 1.165) is 26.1 Å². The molecule has 0 aromatic carbocycles. The van der Waals surface area contributed by atoms with E-state index in [9.17, 15) is 5.11 Å². The monoisotopic (exact) mass is 159 g/mol. The first-order valence-corrected chi connectivity index (χ1v) is 4.17. The Kier molecular flexibility index (Phi) is 2.87. The third kappa shape index (κ3) is 2.15. The number of nitrogens with two attached hydrogens (primary N) is 1. The molecule has 1 atom stereocenters. The zero-order chi connectivity index (χ0) is 8.32. The van der Waals surface area contributed by atoms with E-state index >= 15 is 0 Å². The molecule has 1 unspecified atom stereocenters. The van der Waals surface area contributed by atoms with Gasteiger partial charge in [-0.3, -0.25) is 0 Å². The third-order valence-corrected chi connectivity index (χ3v) is 2.51. The summed E-state index contributed by atoms with van der Waals surface area (Å²) in [5, 5.41) is 9.77. The summed E-state index contributed by atoms with van der Waals surface area (Å²) >= 11 is 0. The van der Waals surface area contributed by atoms with Gasteiger partial charge in [0.1, 0.15) is 0 Å². The molecule has 1 fully saturated rings. The average molecular weight is 159 g/mol. The first kappa shape index (κ1) is 8.97. The van der Waals surface area contributed by atoms with Gasteiger partial charge in [-0.05, 0) is 25.7 Å². The summed E-state index contributed by atoms with van der Waals surface area (Å²) in [4.78, 5) is 0. The van der Waals surface area contributed by atoms with Gasteiger partial charge in [-0.15, -0.1) is 0 Å². The molecule has 11 heavy (non-hydrogen) atoms. The predicted molar refractivity (Wildman–Crippen MR) is 43.2 cm³/mol. The van der Waals surface area contributed by atoms with E-state index in [4.69, 9.17) is 10.5 Å². The van der Waals surface area contributed by atoms with Crippen LogP contribution in [0, 0.1) is 5.92 Å². The second-order valence-corrected chi connectivity index (χ2v) is 3.45. The van der Waals surface area contributed by atoms with Crippen LogP contribution in [0.5, 0.6) is 0 Å². The van der Waals surface area contributed by atoms with Crippen LogP contribution >= 0.6 is 0 Å². The molecule has 0 spiro atoms. The van der Waals surface area contributed by atoms with Crippen molar-refractivity contribution in [2.24, 2.45) is 11.7 Å². The number of hydrogen-bond donors (Lipinski definition) is 2. The van der Waals surface area contributed by atoms with E-state index < -0.39 is 5.60 Å². The van der Waals surface area contributed by atoms with Crippen molar-refractivity contribution in [1.29, 1.82) is 0 Å². The van der Waals surface area contributed by atoms with E-state index in [1.807, 2.05) is 6.92 Å². The Bertz CT molecular complexity index is 119. The van der Waals surface area contributed by atoms with E-state index in [-0.39, 0.29) is 0 Å². The summed E-state index contributed by atoms with van der Waals surface area (Å²) in [5.41, 5.74) is 4.76. The SMILES string of the molecule is CC(O)(CN)C1CCOCC1. The lowest BCUT2D eigenvalue weighted by Crippen LogP contribution is -2.44. The minimum Gasteiger partial charge on any atom is -0.389 e. The fourth-order valence-electron chi connectivity index (χ4n) is 1.49. The van der Waals surface area contributed by atoms with Gasteiger partial charge >= 0.3 is 0 Å². The molecule has 0 radical (unpaired) electrons. The Balaban J connectivity index is 2.43. The molecule has 3 nitrogen and oxygen atoms in total. The minimum absolute atomic E-state index is 0.321. The Morgan fingerprint density at radius 1 is 1.55 bits per heavy atom. The predicted octanol–water partition coefficient (Wildman–Crippen LogP) is 0.123. The van der Waals surface area contributed by atoms with Gasteiger partial charge in [0.15, 0.2) is 0 Å². The van der Waals surface area contributed by atoms with Crippen molar-refractivity contribution in [3.8, 4) is 0 Å². The number of ether oxygens (including phenoxy) is 1. The van der Waals surface area contributed by atoms with Gasteiger partial charge in [0, 0.05) is 19.8 Å². The standard InChI is InChI=1S/C8H17NO2/c1-8(10,6-9)7-2-4-11-5-3-7/h7,10H,2-6,9H2,1H3. The summed E-state index contributed by atoms with van der Waals surface area (Å²) < 4.78 is 5.19. The van der Waals surface area contributed by atoms with E-state index in [2.05, 4.69) is 0 Å². The molecule has 0 aliphatic carbocycles. The van der Waals surface area contributed by atoms with Gasteiger partial charge in [0.25, 0.3) is 0 Å². The normalized spacial score (nSPS) is 26.5. The topological polar surface area (TPSA) is 55.5 Å². The molecular weight excluding hydrogens is 142 g/mol. The van der Waals surface area contributed by atoms with Crippen molar-refractivity contribution in [2.45, 2.75) is 25.4 Å². The first-order chi connectivity index (χ1) is 5.17. The van der Waals surface area contributed by atoms with Crippen molar-refractivity contribution < 1.29 is 9.84 Å². The highest BCUT2D eigenvalue weighted by Crippen LogP contribution is 2.25. The van der Waals surface area contributed by atoms with Crippen LogP contribution in [0.1, 0.15) is 19.8 Å². The van der Waals surface area contributed by atoms with Gasteiger partial charge < -0.3 is 15.6 Å². The molecule has 0 saturated carbocycles. The molecular formula is C8H17NO2. The lowest BCUT2D eigenvalue weighted by molar-refractivity contribution is -0.0474. The summed E-state index contributed by atoms with van der Waals surface area (Å²) in [5.74, 6) is 0.321. The highest BCUT2D eigenvalue weighted by molar-refractivity contribution is 4.84. The number of aliphatic hydroxyl groups is 1. The maximum absolute atomic E-state index is 9.77. The highest BCUT2D eigenvalue weighted by Gasteiger charge is 2.31. The van der Waals surface area contributed by atoms with Crippen LogP contribution in [0.3, 0.4) is 0 Å². The van der Waals surface area contributed by atoms with Crippen molar-refractivity contribution >= 4 is 0 Å². The third-order valence-electron chi connectivity index (χ3n) is 2.51. The molecule has 3 heteroatoms. The largest absolute Gasteiger partial charge is 0.389 e. The highest BCUT2D eigenvalue weighted by atomic mass is 16.5. The molecule has 66 valence electrons. The fraction of sp³-hybridized carbons (Fsp3) is 1.00. The maximum Gasteiger partial charge on any atom is 0.0771 e. The average Bonchev–Trinajstić information content (AvgIpc) is 2.06. The van der Waals surface area contributed by atoms with Crippen LogP contribution in [-0.2, 0) is 4.74 Å². The Hall–Kier alpha value is -0.120. The molecule has 1 saturated heterocycles. The van der Waals surface area contributed by atoms with Crippen LogP contribution in [0.15, 0.2) is 0 Å². The van der Waals surface area contributed by atoms with Crippen molar-refractivity contribution in [3.63, 3.8) is 0 Å². The summed E-state index contributed by atoms with van der Waals surface area (Å²) in [6.45, 7) is 3.68. The van der Waals surface area contributed by atoms with Crippen LogP contribution in [0.25, 0.3) is 0 Å². The quantitative estimate of drug-likeness (QED) is 0.602. The fourth-order valence-corrected chi connectivity index (χ4v) is 1.49. The molecule has 0 amide bonds. The Morgan fingerprint density at radius 3 is 2.55 bits per heavy atom. The van der Waals surface area contributed by atoms with Crippen molar-refractivity contribution in [2.75, 3.05) is 19.8 Å². The molecule has 0 aromatic heterocycles. The smallest absolute Gasteiger partial charge is 0.0771 e. The van der Waals surface area contributed by atoms with Crippen LogP contribution < -0.4 is 5.73 Å². The van der Waals surface area contributed by atoms with E-state index in [0.29, 0.717) is 12.5 Å². The van der Waals surface area contributed by atoms with Crippen LogP contribution in [-0.4, -0.2) is 30.5 Å². The molecule has 1 aliphatic heterocycles. The van der Waals surface area contributed by atoms with Crippen molar-refractivity contribution in [1.82, 2.24) is 0 Å². The van der Waals surface area contributed by atoms with Crippen molar-refractivity contribution in [3.05, 3.63) is 0 Å². The molecule has 1 aliphatic rings. The second kappa shape index (κ2) is 3.52. The molecule has 0 aromatic rings. The zero-order valence-electron chi connectivity index (χ0n) is 7.05. The summed E-state index contributed by atoms with van der Waals surface area (Å²) in [7, 11) is 0. The van der Waals surface area contributed by atoms with Gasteiger partial charge in [0.05, 0.1) is 5.60 Å². The first-order valence-electron chi connectivity index (χ1n) is 4.17. The molecule has 3 N–H and O–H groups in total. The summed E-state index contributed by atoms with van der Waals surface area (Å²) in [6, 6.07) is 0. The second-order valence-electron chi connectivity index (χ2n) is 3.45. The van der Waals surface area contributed by atoms with Gasteiger partial charge in [-0.25, -0.2) is 0 Å². The maximum atomic E-state index is 9.77. The van der Waals surface area contributed by atoms with Gasteiger partial charge in [0.2, 0.25) is 0 Å². The zero-order valence-corrected chi connectivity index (χ0v) is 7.05. The Morgan fingerprint density at radius 2 is 2.09 bits per heavy atom. The number of hydrogen-bond acceptors (Lipinski definition) is 3. The van der Waals surface area contributed by atoms with E-state index in [1.165, 1.54) is 0 Å². The Labute approximate surface area is 67.5 Å². The van der Waals surface area contributed by atoms with Crippen LogP contribution in [0.4, 0.5) is 0 Å². The molecule has 1 rings (SSSR count). The lowest BCUT2D eigenvalue weighted by Gasteiger charge is -2.34. The molecule has 1 heterocycles. The summed E-state index contributed by atoms with van der Waals surface area (Å²) in [6.07, 6.45) is 1.87.